The van der Waals surface area contributed by atoms with E-state index in [0.717, 1.165) is 30.2 Å². The summed E-state index contributed by atoms with van der Waals surface area (Å²) in [5.74, 6) is 1.74. The number of guanidine groups is 1. The molecule has 1 aromatic rings. The number of hydrogen-bond acceptors (Lipinski definition) is 3. The normalized spacial score (nSPS) is 16.4. The lowest BCUT2D eigenvalue weighted by Crippen LogP contribution is -2.46. The minimum atomic E-state index is 0. The highest BCUT2D eigenvalue weighted by atomic mass is 127. The Morgan fingerprint density at radius 2 is 1.96 bits per heavy atom. The Balaban J connectivity index is 0.00000288. The van der Waals surface area contributed by atoms with Gasteiger partial charge in [0.2, 0.25) is 0 Å². The summed E-state index contributed by atoms with van der Waals surface area (Å²) < 4.78 is 5.39. The standard InChI is InChI=1S/C18H30N4O.HI/c1-4-16(22-11-7-8-12-22)14-21-18(19-2)20-13-15-9-5-6-10-17(15)23-3;/h5-6,9-10,16H,4,7-8,11-14H2,1-3H3,(H2,19,20,21);1H. The van der Waals surface area contributed by atoms with Gasteiger partial charge in [-0.1, -0.05) is 25.1 Å². The van der Waals surface area contributed by atoms with Crippen LogP contribution >= 0.6 is 24.0 Å². The van der Waals surface area contributed by atoms with Crippen LogP contribution in [0.25, 0.3) is 0 Å². The molecular weight excluding hydrogens is 415 g/mol. The van der Waals surface area contributed by atoms with E-state index in [1.54, 1.807) is 7.11 Å². The van der Waals surface area contributed by atoms with Gasteiger partial charge >= 0.3 is 0 Å². The average Bonchev–Trinajstić information content (AvgIpc) is 3.12. The van der Waals surface area contributed by atoms with Crippen molar-refractivity contribution >= 4 is 29.9 Å². The van der Waals surface area contributed by atoms with Crippen molar-refractivity contribution in [1.29, 1.82) is 0 Å². The zero-order valence-corrected chi connectivity index (χ0v) is 17.4. The number of aliphatic imine (C=N–C) groups is 1. The molecule has 6 heteroatoms. The van der Waals surface area contributed by atoms with Gasteiger partial charge in [0.1, 0.15) is 5.75 Å². The summed E-state index contributed by atoms with van der Waals surface area (Å²) in [7, 11) is 3.52. The van der Waals surface area contributed by atoms with Crippen molar-refractivity contribution < 1.29 is 4.74 Å². The van der Waals surface area contributed by atoms with Crippen LogP contribution in [-0.2, 0) is 6.54 Å². The molecule has 24 heavy (non-hydrogen) atoms. The van der Waals surface area contributed by atoms with Crippen LogP contribution in [0.2, 0.25) is 0 Å². The summed E-state index contributed by atoms with van der Waals surface area (Å²) in [4.78, 5) is 6.91. The van der Waals surface area contributed by atoms with Crippen molar-refractivity contribution in [2.45, 2.75) is 38.8 Å². The highest BCUT2D eigenvalue weighted by molar-refractivity contribution is 14.0. The lowest BCUT2D eigenvalue weighted by molar-refractivity contribution is 0.236. The number of methoxy groups -OCH3 is 1. The summed E-state index contributed by atoms with van der Waals surface area (Å²) in [6.07, 6.45) is 3.82. The van der Waals surface area contributed by atoms with Gasteiger partial charge in [-0.05, 0) is 38.4 Å². The molecule has 1 atom stereocenters. The van der Waals surface area contributed by atoms with Crippen LogP contribution in [0.3, 0.4) is 0 Å². The van der Waals surface area contributed by atoms with E-state index in [4.69, 9.17) is 4.74 Å². The molecule has 0 aromatic heterocycles. The van der Waals surface area contributed by atoms with Gasteiger partial charge in [-0.25, -0.2) is 0 Å². The van der Waals surface area contributed by atoms with Gasteiger partial charge < -0.3 is 15.4 Å². The highest BCUT2D eigenvalue weighted by Crippen LogP contribution is 2.16. The molecule has 1 aromatic carbocycles. The van der Waals surface area contributed by atoms with Crippen molar-refractivity contribution in [3.63, 3.8) is 0 Å². The first-order valence-corrected chi connectivity index (χ1v) is 8.59. The number of benzene rings is 1. The molecule has 2 rings (SSSR count). The van der Waals surface area contributed by atoms with Crippen LogP contribution in [0.15, 0.2) is 29.3 Å². The van der Waals surface area contributed by atoms with Crippen molar-refractivity contribution in [2.24, 2.45) is 4.99 Å². The van der Waals surface area contributed by atoms with E-state index in [1.807, 2.05) is 25.2 Å². The molecule has 1 unspecified atom stereocenters. The number of hydrogen-bond donors (Lipinski definition) is 2. The third kappa shape index (κ3) is 6.12. The average molecular weight is 446 g/mol. The molecule has 0 bridgehead atoms. The van der Waals surface area contributed by atoms with Gasteiger partial charge in [0.15, 0.2) is 5.96 Å². The van der Waals surface area contributed by atoms with Crippen LogP contribution in [-0.4, -0.2) is 50.7 Å². The Labute approximate surface area is 163 Å². The SMILES string of the molecule is CCC(CNC(=NC)NCc1ccccc1OC)N1CCCC1.I. The number of halogens is 1. The van der Waals surface area contributed by atoms with Gasteiger partial charge in [-0.15, -0.1) is 24.0 Å². The molecule has 1 fully saturated rings. The van der Waals surface area contributed by atoms with Gasteiger partial charge in [0.05, 0.1) is 7.11 Å². The van der Waals surface area contributed by atoms with Gasteiger partial charge in [0.25, 0.3) is 0 Å². The number of para-hydroxylation sites is 1. The monoisotopic (exact) mass is 446 g/mol. The second-order valence-electron chi connectivity index (χ2n) is 5.92. The highest BCUT2D eigenvalue weighted by Gasteiger charge is 2.20. The Kier molecular flexibility index (Phi) is 10.1. The lowest BCUT2D eigenvalue weighted by atomic mass is 10.2. The van der Waals surface area contributed by atoms with Crippen molar-refractivity contribution in [3.8, 4) is 5.75 Å². The summed E-state index contributed by atoms with van der Waals surface area (Å²) in [6, 6.07) is 8.64. The predicted molar refractivity (Wildman–Crippen MR) is 111 cm³/mol. The maximum Gasteiger partial charge on any atom is 0.191 e. The van der Waals surface area contributed by atoms with Crippen LogP contribution in [0, 0.1) is 0 Å². The van der Waals surface area contributed by atoms with E-state index in [9.17, 15) is 0 Å². The molecule has 1 aliphatic rings. The maximum absolute atomic E-state index is 5.39. The Bertz CT molecular complexity index is 504. The molecule has 1 aliphatic heterocycles. The zero-order chi connectivity index (χ0) is 16.5. The Hall–Kier alpha value is -1.02. The number of ether oxygens (including phenoxy) is 1. The van der Waals surface area contributed by atoms with Crippen LogP contribution in [0.5, 0.6) is 5.75 Å². The third-order valence-corrected chi connectivity index (χ3v) is 4.50. The molecule has 0 amide bonds. The van der Waals surface area contributed by atoms with Crippen LogP contribution in [0.4, 0.5) is 0 Å². The largest absolute Gasteiger partial charge is 0.496 e. The van der Waals surface area contributed by atoms with Crippen LogP contribution in [0.1, 0.15) is 31.7 Å². The van der Waals surface area contributed by atoms with E-state index < -0.39 is 0 Å². The van der Waals surface area contributed by atoms with Crippen molar-refractivity contribution in [3.05, 3.63) is 29.8 Å². The van der Waals surface area contributed by atoms with Crippen molar-refractivity contribution in [1.82, 2.24) is 15.5 Å². The summed E-state index contributed by atoms with van der Waals surface area (Å²) in [5.41, 5.74) is 1.13. The molecule has 0 aliphatic carbocycles. The Morgan fingerprint density at radius 3 is 2.58 bits per heavy atom. The van der Waals surface area contributed by atoms with E-state index in [0.29, 0.717) is 12.6 Å². The minimum absolute atomic E-state index is 0. The molecule has 0 saturated carbocycles. The Morgan fingerprint density at radius 1 is 1.25 bits per heavy atom. The second-order valence-corrected chi connectivity index (χ2v) is 5.92. The van der Waals surface area contributed by atoms with Gasteiger partial charge in [-0.3, -0.25) is 9.89 Å². The van der Waals surface area contributed by atoms with E-state index >= 15 is 0 Å². The number of nitrogens with zero attached hydrogens (tertiary/aromatic N) is 2. The molecule has 5 nitrogen and oxygen atoms in total. The fourth-order valence-electron chi connectivity index (χ4n) is 3.10. The molecule has 2 N–H and O–H groups in total. The molecule has 0 radical (unpaired) electrons. The smallest absolute Gasteiger partial charge is 0.191 e. The van der Waals surface area contributed by atoms with Crippen LogP contribution < -0.4 is 15.4 Å². The topological polar surface area (TPSA) is 48.9 Å². The number of nitrogens with one attached hydrogen (secondary N) is 2. The van der Waals surface area contributed by atoms with Gasteiger partial charge in [-0.2, -0.15) is 0 Å². The summed E-state index contributed by atoms with van der Waals surface area (Å²) in [5, 5.41) is 6.83. The van der Waals surface area contributed by atoms with Crippen molar-refractivity contribution in [2.75, 3.05) is 33.8 Å². The first-order chi connectivity index (χ1) is 11.3. The molecular formula is C18H31IN4O. The fourth-order valence-corrected chi connectivity index (χ4v) is 3.10. The quantitative estimate of drug-likeness (QED) is 0.384. The first kappa shape index (κ1) is 21.0. The summed E-state index contributed by atoms with van der Waals surface area (Å²) in [6.45, 7) is 6.35. The first-order valence-electron chi connectivity index (χ1n) is 8.59. The third-order valence-electron chi connectivity index (χ3n) is 4.50. The minimum Gasteiger partial charge on any atom is -0.496 e. The number of rotatable bonds is 7. The zero-order valence-electron chi connectivity index (χ0n) is 15.0. The lowest BCUT2D eigenvalue weighted by Gasteiger charge is -2.27. The molecule has 136 valence electrons. The second kappa shape index (κ2) is 11.5. The summed E-state index contributed by atoms with van der Waals surface area (Å²) >= 11 is 0. The maximum atomic E-state index is 5.39. The molecule has 0 spiro atoms. The van der Waals surface area contributed by atoms with E-state index in [-0.39, 0.29) is 24.0 Å². The van der Waals surface area contributed by atoms with E-state index in [2.05, 4.69) is 33.5 Å². The molecule has 1 saturated heterocycles. The predicted octanol–water partition coefficient (Wildman–Crippen LogP) is 2.85. The molecule has 1 heterocycles. The fraction of sp³-hybridized carbons (Fsp3) is 0.611. The van der Waals surface area contributed by atoms with Gasteiger partial charge in [0, 0.05) is 31.7 Å². The van der Waals surface area contributed by atoms with E-state index in [1.165, 1.54) is 25.9 Å². The number of likely N-dealkylation sites (tertiary alicyclic amines) is 1.